The minimum Gasteiger partial charge on any atom is -0.339 e. The summed E-state index contributed by atoms with van der Waals surface area (Å²) in [4.78, 5) is 16.6. The molecule has 1 amide bonds. The van der Waals surface area contributed by atoms with Crippen LogP contribution in [0.3, 0.4) is 0 Å². The molecule has 0 aliphatic carbocycles. The van der Waals surface area contributed by atoms with Gasteiger partial charge in [-0.3, -0.25) is 9.48 Å². The Labute approximate surface area is 123 Å². The molecule has 2 rings (SSSR count). The van der Waals surface area contributed by atoms with Crippen LogP contribution in [0.2, 0.25) is 0 Å². The third-order valence-corrected chi connectivity index (χ3v) is 3.08. The first-order chi connectivity index (χ1) is 10.0. The summed E-state index contributed by atoms with van der Waals surface area (Å²) in [5, 5.41) is 10.9. The van der Waals surface area contributed by atoms with Crippen LogP contribution >= 0.6 is 0 Å². The summed E-state index contributed by atoms with van der Waals surface area (Å²) < 4.78 is 6.88. The summed E-state index contributed by atoms with van der Waals surface area (Å²) in [6, 6.07) is 1.35. The zero-order chi connectivity index (χ0) is 15.4. The standard InChI is InChI=1S/C14H21N5O2/c1-5-8-19-11(6-7-15-19)13(20)16-10(4)14-17-12(9(2)3)18-21-14/h6-7,9-10H,5,8H2,1-4H3,(H,16,20)/t10-/m1/s1. The lowest BCUT2D eigenvalue weighted by molar-refractivity contribution is 0.0921. The second-order valence-corrected chi connectivity index (χ2v) is 5.28. The normalized spacial score (nSPS) is 12.6. The number of carbonyl (C=O) groups is 1. The van der Waals surface area contributed by atoms with Crippen LogP contribution in [0.4, 0.5) is 0 Å². The zero-order valence-corrected chi connectivity index (χ0v) is 12.8. The maximum atomic E-state index is 12.3. The summed E-state index contributed by atoms with van der Waals surface area (Å²) in [5.74, 6) is 1.05. The van der Waals surface area contributed by atoms with Gasteiger partial charge in [0.2, 0.25) is 5.89 Å². The molecule has 2 aromatic heterocycles. The average Bonchev–Trinajstić information content (AvgIpc) is 3.07. The van der Waals surface area contributed by atoms with Crippen molar-refractivity contribution < 1.29 is 9.32 Å². The molecule has 1 N–H and O–H groups in total. The van der Waals surface area contributed by atoms with Gasteiger partial charge in [0.25, 0.3) is 5.91 Å². The van der Waals surface area contributed by atoms with Crippen molar-refractivity contribution in [3.05, 3.63) is 29.7 Å². The molecule has 0 fully saturated rings. The summed E-state index contributed by atoms with van der Waals surface area (Å²) in [5.41, 5.74) is 0.535. The van der Waals surface area contributed by atoms with Crippen molar-refractivity contribution in [1.82, 2.24) is 25.2 Å². The summed E-state index contributed by atoms with van der Waals surface area (Å²) >= 11 is 0. The van der Waals surface area contributed by atoms with Crippen molar-refractivity contribution >= 4 is 5.91 Å². The molecule has 114 valence electrons. The van der Waals surface area contributed by atoms with E-state index in [0.717, 1.165) is 6.42 Å². The van der Waals surface area contributed by atoms with Gasteiger partial charge in [0.1, 0.15) is 11.7 Å². The quantitative estimate of drug-likeness (QED) is 0.882. The molecule has 0 bridgehead atoms. The Morgan fingerprint density at radius 1 is 1.43 bits per heavy atom. The van der Waals surface area contributed by atoms with Crippen LogP contribution in [0.15, 0.2) is 16.8 Å². The molecular formula is C14H21N5O2. The van der Waals surface area contributed by atoms with Gasteiger partial charge < -0.3 is 9.84 Å². The number of rotatable bonds is 6. The van der Waals surface area contributed by atoms with Crippen molar-refractivity contribution in [2.24, 2.45) is 0 Å². The molecule has 2 aromatic rings. The monoisotopic (exact) mass is 291 g/mol. The Bertz CT molecular complexity index is 602. The fourth-order valence-electron chi connectivity index (χ4n) is 1.91. The molecule has 0 aliphatic heterocycles. The summed E-state index contributed by atoms with van der Waals surface area (Å²) in [6.45, 7) is 8.54. The third-order valence-electron chi connectivity index (χ3n) is 3.08. The Morgan fingerprint density at radius 3 is 2.81 bits per heavy atom. The van der Waals surface area contributed by atoms with Crippen molar-refractivity contribution in [3.63, 3.8) is 0 Å². The molecule has 0 radical (unpaired) electrons. The Balaban J connectivity index is 2.05. The molecule has 0 aliphatic rings. The van der Waals surface area contributed by atoms with Gasteiger partial charge in [-0.25, -0.2) is 0 Å². The van der Waals surface area contributed by atoms with Crippen molar-refractivity contribution in [1.29, 1.82) is 0 Å². The molecule has 0 unspecified atom stereocenters. The topological polar surface area (TPSA) is 85.8 Å². The van der Waals surface area contributed by atoms with Gasteiger partial charge in [-0.05, 0) is 19.4 Å². The maximum absolute atomic E-state index is 12.3. The number of aromatic nitrogens is 4. The SMILES string of the molecule is CCCn1nccc1C(=O)N[C@H](C)c1nc(C(C)C)no1. The molecule has 1 atom stereocenters. The largest absolute Gasteiger partial charge is 0.339 e. The highest BCUT2D eigenvalue weighted by molar-refractivity contribution is 5.92. The van der Waals surface area contributed by atoms with Crippen LogP contribution in [0.25, 0.3) is 0 Å². The van der Waals surface area contributed by atoms with E-state index < -0.39 is 0 Å². The fourth-order valence-corrected chi connectivity index (χ4v) is 1.91. The molecule has 0 saturated heterocycles. The molecule has 7 heteroatoms. The van der Waals surface area contributed by atoms with Crippen LogP contribution in [0.1, 0.15) is 68.3 Å². The highest BCUT2D eigenvalue weighted by Gasteiger charge is 2.20. The number of nitrogens with zero attached hydrogens (tertiary/aromatic N) is 4. The minimum atomic E-state index is -0.345. The van der Waals surface area contributed by atoms with Crippen molar-refractivity contribution in [3.8, 4) is 0 Å². The third kappa shape index (κ3) is 3.48. The Morgan fingerprint density at radius 2 is 2.19 bits per heavy atom. The second kappa shape index (κ2) is 6.51. The van der Waals surface area contributed by atoms with Crippen molar-refractivity contribution in [2.45, 2.75) is 52.6 Å². The van der Waals surface area contributed by atoms with Crippen LogP contribution in [0, 0.1) is 0 Å². The highest BCUT2D eigenvalue weighted by atomic mass is 16.5. The number of hydrogen-bond acceptors (Lipinski definition) is 5. The van der Waals surface area contributed by atoms with E-state index in [9.17, 15) is 4.79 Å². The van der Waals surface area contributed by atoms with Gasteiger partial charge in [-0.2, -0.15) is 10.1 Å². The van der Waals surface area contributed by atoms with Gasteiger partial charge in [0.05, 0.1) is 0 Å². The molecule has 7 nitrogen and oxygen atoms in total. The predicted octanol–water partition coefficient (Wildman–Crippen LogP) is 2.29. The van der Waals surface area contributed by atoms with E-state index in [-0.39, 0.29) is 17.9 Å². The van der Waals surface area contributed by atoms with E-state index in [1.165, 1.54) is 0 Å². The van der Waals surface area contributed by atoms with E-state index in [1.807, 2.05) is 27.7 Å². The number of aryl methyl sites for hydroxylation is 1. The molecular weight excluding hydrogens is 270 g/mol. The second-order valence-electron chi connectivity index (χ2n) is 5.28. The number of nitrogens with one attached hydrogen (secondary N) is 1. The first-order valence-corrected chi connectivity index (χ1v) is 7.19. The smallest absolute Gasteiger partial charge is 0.270 e. The van der Waals surface area contributed by atoms with Crippen LogP contribution in [-0.2, 0) is 6.54 Å². The lowest BCUT2D eigenvalue weighted by Gasteiger charge is -2.10. The van der Waals surface area contributed by atoms with Gasteiger partial charge in [0.15, 0.2) is 5.82 Å². The van der Waals surface area contributed by atoms with Crippen molar-refractivity contribution in [2.75, 3.05) is 0 Å². The Kier molecular flexibility index (Phi) is 4.72. The first kappa shape index (κ1) is 15.2. The number of carbonyl (C=O) groups excluding carboxylic acids is 1. The lowest BCUT2D eigenvalue weighted by atomic mass is 10.2. The predicted molar refractivity (Wildman–Crippen MR) is 76.8 cm³/mol. The fraction of sp³-hybridized carbons (Fsp3) is 0.571. The maximum Gasteiger partial charge on any atom is 0.270 e. The van der Waals surface area contributed by atoms with Crippen LogP contribution in [0.5, 0.6) is 0 Å². The van der Waals surface area contributed by atoms with E-state index in [4.69, 9.17) is 4.52 Å². The number of amides is 1. The summed E-state index contributed by atoms with van der Waals surface area (Å²) in [7, 11) is 0. The van der Waals surface area contributed by atoms with E-state index >= 15 is 0 Å². The van der Waals surface area contributed by atoms with E-state index in [2.05, 4.69) is 20.6 Å². The van der Waals surface area contributed by atoms with Gasteiger partial charge in [-0.15, -0.1) is 0 Å². The lowest BCUT2D eigenvalue weighted by Crippen LogP contribution is -2.29. The molecule has 0 aromatic carbocycles. The van der Waals surface area contributed by atoms with E-state index in [1.54, 1.807) is 16.9 Å². The van der Waals surface area contributed by atoms with Crippen LogP contribution in [-0.4, -0.2) is 25.8 Å². The van der Waals surface area contributed by atoms with Crippen LogP contribution < -0.4 is 5.32 Å². The Hall–Kier alpha value is -2.18. The molecule has 21 heavy (non-hydrogen) atoms. The van der Waals surface area contributed by atoms with E-state index in [0.29, 0.717) is 24.0 Å². The van der Waals surface area contributed by atoms with Gasteiger partial charge in [-0.1, -0.05) is 25.9 Å². The highest BCUT2D eigenvalue weighted by Crippen LogP contribution is 2.15. The molecule has 2 heterocycles. The number of hydrogen-bond donors (Lipinski definition) is 1. The molecule has 0 spiro atoms. The molecule has 0 saturated carbocycles. The van der Waals surface area contributed by atoms with Gasteiger partial charge >= 0.3 is 0 Å². The minimum absolute atomic E-state index is 0.191. The van der Waals surface area contributed by atoms with Gasteiger partial charge in [0, 0.05) is 18.7 Å². The average molecular weight is 291 g/mol. The zero-order valence-electron chi connectivity index (χ0n) is 12.8. The first-order valence-electron chi connectivity index (χ1n) is 7.19. The summed E-state index contributed by atoms with van der Waals surface area (Å²) in [6.07, 6.45) is 2.54.